The van der Waals surface area contributed by atoms with Crippen molar-refractivity contribution in [3.05, 3.63) is 78.7 Å². The highest BCUT2D eigenvalue weighted by molar-refractivity contribution is 7.14. The molecule has 4 aromatic rings. The fraction of sp³-hybridized carbons (Fsp3) is 0.353. The molecule has 4 aliphatic heterocycles. The zero-order chi connectivity index (χ0) is 33.1. The first-order chi connectivity index (χ1) is 23.2. The van der Waals surface area contributed by atoms with E-state index in [4.69, 9.17) is 9.97 Å². The molecule has 4 aliphatic rings. The summed E-state index contributed by atoms with van der Waals surface area (Å²) in [7, 11) is 0. The van der Waals surface area contributed by atoms with Gasteiger partial charge in [-0.15, -0.1) is 22.7 Å². The molecular weight excluding hydrogens is 649 g/mol. The molecule has 0 unspecified atom stereocenters. The van der Waals surface area contributed by atoms with E-state index in [1.54, 1.807) is 0 Å². The van der Waals surface area contributed by atoms with Crippen LogP contribution in [0.25, 0.3) is 11.1 Å². The Balaban J connectivity index is 1.03. The number of hydrogen-bond donors (Lipinski definition) is 2. The van der Waals surface area contributed by atoms with Gasteiger partial charge in [0.25, 0.3) is 11.8 Å². The van der Waals surface area contributed by atoms with Crippen LogP contribution < -0.4 is 20.7 Å². The molecular formula is C34H34N8O4S2. The summed E-state index contributed by atoms with van der Waals surface area (Å²) in [4.78, 5) is 65.9. The molecule has 12 nitrogen and oxygen atoms in total. The van der Waals surface area contributed by atoms with Crippen LogP contribution in [0.3, 0.4) is 0 Å². The highest BCUT2D eigenvalue weighted by Gasteiger charge is 2.34. The molecule has 0 atom stereocenters. The maximum Gasteiger partial charge on any atom is 0.287 e. The van der Waals surface area contributed by atoms with E-state index in [0.717, 1.165) is 67.6 Å². The number of fused-ring (bicyclic) bond motifs is 4. The van der Waals surface area contributed by atoms with Gasteiger partial charge in [-0.25, -0.2) is 20.0 Å². The molecule has 2 aromatic carbocycles. The van der Waals surface area contributed by atoms with Crippen LogP contribution in [0.4, 0.5) is 11.4 Å². The molecule has 246 valence electrons. The Morgan fingerprint density at radius 3 is 1.48 bits per heavy atom. The van der Waals surface area contributed by atoms with Gasteiger partial charge >= 0.3 is 0 Å². The van der Waals surface area contributed by atoms with Crippen molar-refractivity contribution in [2.24, 2.45) is 0 Å². The summed E-state index contributed by atoms with van der Waals surface area (Å²) >= 11 is 2.82. The standard InChI is InChI=1S/C34H34N8O4S2/c1-19(43)37-39-13-11-25-29(17-39)47-31(35-25)33(45)41-15-9-23-21(5-3-7-27(23)41)22-6-4-8-28-24(22)10-16-42(28)34(46)32-36-26-12-14-40(38-20(2)44)18-30(26)48-32/h3-8H,9-18H2,1-2H3,(H,37,43)(H,38,44). The van der Waals surface area contributed by atoms with Gasteiger partial charge in [-0.2, -0.15) is 0 Å². The van der Waals surface area contributed by atoms with Crippen LogP contribution in [0.15, 0.2) is 36.4 Å². The van der Waals surface area contributed by atoms with E-state index in [1.807, 2.05) is 44.1 Å². The highest BCUT2D eigenvalue weighted by atomic mass is 32.1. The van der Waals surface area contributed by atoms with Crippen LogP contribution in [-0.2, 0) is 48.4 Å². The number of hydrogen-bond acceptors (Lipinski definition) is 10. The van der Waals surface area contributed by atoms with E-state index in [1.165, 1.54) is 36.5 Å². The number of carbonyl (C=O) groups excluding carboxylic acids is 4. The first-order valence-electron chi connectivity index (χ1n) is 16.1. The lowest BCUT2D eigenvalue weighted by atomic mass is 9.93. The Bertz CT molecular complexity index is 1860. The van der Waals surface area contributed by atoms with Gasteiger partial charge in [-0.3, -0.25) is 30.0 Å². The number of thiazole rings is 2. The van der Waals surface area contributed by atoms with E-state index < -0.39 is 0 Å². The third-order valence-electron chi connectivity index (χ3n) is 9.29. The Kier molecular flexibility index (Phi) is 7.82. The quantitative estimate of drug-likeness (QED) is 0.327. The normalized spacial score (nSPS) is 17.0. The Morgan fingerprint density at radius 1 is 0.625 bits per heavy atom. The summed E-state index contributed by atoms with van der Waals surface area (Å²) in [5.74, 6) is -0.416. The summed E-state index contributed by atoms with van der Waals surface area (Å²) < 4.78 is 0. The number of carbonyl (C=O) groups is 4. The van der Waals surface area contributed by atoms with Crippen molar-refractivity contribution < 1.29 is 19.2 Å². The third-order valence-corrected chi connectivity index (χ3v) is 11.4. The predicted octanol–water partition coefficient (Wildman–Crippen LogP) is 3.49. The smallest absolute Gasteiger partial charge is 0.287 e. The summed E-state index contributed by atoms with van der Waals surface area (Å²) in [5, 5.41) is 4.69. The molecule has 48 heavy (non-hydrogen) atoms. The SMILES string of the molecule is CC(=O)NN1CCc2nc(C(=O)N3CCc4c(-c5cccc6c5CCN6C(=O)c5nc6c(s5)CN(NC(C)=O)CC6)cccc43)sc2C1. The molecule has 2 N–H and O–H groups in total. The zero-order valence-electron chi connectivity index (χ0n) is 26.7. The lowest BCUT2D eigenvalue weighted by Crippen LogP contribution is -2.43. The van der Waals surface area contributed by atoms with Gasteiger partial charge < -0.3 is 9.80 Å². The van der Waals surface area contributed by atoms with Crippen LogP contribution in [0.2, 0.25) is 0 Å². The van der Waals surface area contributed by atoms with Gasteiger partial charge in [0.1, 0.15) is 0 Å². The second-order valence-corrected chi connectivity index (χ2v) is 14.6. The minimum Gasteiger partial charge on any atom is -0.306 e. The molecule has 0 fully saturated rings. The number of nitrogens with one attached hydrogen (secondary N) is 2. The zero-order valence-corrected chi connectivity index (χ0v) is 28.3. The Hall–Kier alpha value is -4.50. The number of nitrogens with zero attached hydrogens (tertiary/aromatic N) is 6. The fourth-order valence-corrected chi connectivity index (χ4v) is 9.38. The van der Waals surface area contributed by atoms with E-state index in [9.17, 15) is 19.2 Å². The largest absolute Gasteiger partial charge is 0.306 e. The molecule has 0 bridgehead atoms. The van der Waals surface area contributed by atoms with Crippen molar-refractivity contribution >= 4 is 57.7 Å². The number of rotatable bonds is 5. The Labute approximate surface area is 285 Å². The van der Waals surface area contributed by atoms with E-state index in [2.05, 4.69) is 23.0 Å². The van der Waals surface area contributed by atoms with Gasteiger partial charge in [-0.1, -0.05) is 24.3 Å². The van der Waals surface area contributed by atoms with Crippen molar-refractivity contribution in [3.8, 4) is 11.1 Å². The second-order valence-electron chi connectivity index (χ2n) is 12.5. The van der Waals surface area contributed by atoms with Crippen molar-refractivity contribution in [1.29, 1.82) is 0 Å². The number of benzene rings is 2. The van der Waals surface area contributed by atoms with Gasteiger partial charge in [0.2, 0.25) is 11.8 Å². The maximum atomic E-state index is 13.8. The van der Waals surface area contributed by atoms with Gasteiger partial charge in [0, 0.05) is 74.0 Å². The molecule has 0 aliphatic carbocycles. The minimum absolute atomic E-state index is 0.0993. The highest BCUT2D eigenvalue weighted by Crippen LogP contribution is 2.43. The summed E-state index contributed by atoms with van der Waals surface area (Å²) in [6.07, 6.45) is 2.82. The molecule has 0 saturated heterocycles. The molecule has 2 aromatic heterocycles. The van der Waals surface area contributed by atoms with Gasteiger partial charge in [0.05, 0.1) is 24.5 Å². The average Bonchev–Trinajstić information content (AvgIpc) is 3.86. The molecule has 14 heteroatoms. The monoisotopic (exact) mass is 682 g/mol. The van der Waals surface area contributed by atoms with E-state index in [-0.39, 0.29) is 23.6 Å². The number of hydrazine groups is 2. The maximum absolute atomic E-state index is 13.8. The first-order valence-corrected chi connectivity index (χ1v) is 17.8. The van der Waals surface area contributed by atoms with Crippen molar-refractivity contribution in [1.82, 2.24) is 30.8 Å². The average molecular weight is 683 g/mol. The van der Waals surface area contributed by atoms with Crippen LogP contribution in [-0.4, -0.2) is 69.8 Å². The number of aromatic nitrogens is 2. The van der Waals surface area contributed by atoms with Crippen molar-refractivity contribution in [3.63, 3.8) is 0 Å². The van der Waals surface area contributed by atoms with Crippen LogP contribution in [0.1, 0.15) is 65.7 Å². The summed E-state index contributed by atoms with van der Waals surface area (Å²) in [6, 6.07) is 12.2. The van der Waals surface area contributed by atoms with Gasteiger partial charge in [-0.05, 0) is 47.2 Å². The number of anilines is 2. The van der Waals surface area contributed by atoms with Crippen LogP contribution in [0, 0.1) is 0 Å². The lowest BCUT2D eigenvalue weighted by Gasteiger charge is -2.25. The van der Waals surface area contributed by atoms with Gasteiger partial charge in [0.15, 0.2) is 10.0 Å². The number of amides is 4. The van der Waals surface area contributed by atoms with Crippen LogP contribution in [0.5, 0.6) is 0 Å². The molecule has 6 heterocycles. The first kappa shape index (κ1) is 30.8. The summed E-state index contributed by atoms with van der Waals surface area (Å²) in [5.41, 5.74) is 13.8. The summed E-state index contributed by atoms with van der Waals surface area (Å²) in [6.45, 7) is 6.54. The predicted molar refractivity (Wildman–Crippen MR) is 183 cm³/mol. The molecule has 0 spiro atoms. The molecule has 0 saturated carbocycles. The van der Waals surface area contributed by atoms with Crippen LogP contribution >= 0.6 is 22.7 Å². The lowest BCUT2D eigenvalue weighted by molar-refractivity contribution is -0.125. The molecule has 8 rings (SSSR count). The third kappa shape index (κ3) is 5.48. The minimum atomic E-state index is -0.109. The van der Waals surface area contributed by atoms with E-state index >= 15 is 0 Å². The van der Waals surface area contributed by atoms with E-state index in [0.29, 0.717) is 62.1 Å². The molecule has 4 amide bonds. The van der Waals surface area contributed by atoms with Crippen molar-refractivity contribution in [2.45, 2.75) is 52.6 Å². The fourth-order valence-electron chi connectivity index (χ4n) is 7.24. The topological polar surface area (TPSA) is 131 Å². The second kappa shape index (κ2) is 12.2. The Morgan fingerprint density at radius 2 is 1.06 bits per heavy atom. The van der Waals surface area contributed by atoms with Crippen molar-refractivity contribution in [2.75, 3.05) is 36.0 Å². The molecule has 0 radical (unpaired) electrons.